The SMILES string of the molecule is CN(C)c1cccc(C(N)c2cccn2C)c1. The Morgan fingerprint density at radius 1 is 1.18 bits per heavy atom. The Kier molecular flexibility index (Phi) is 3.20. The number of anilines is 1. The van der Waals surface area contributed by atoms with Crippen LogP contribution >= 0.6 is 0 Å². The largest absolute Gasteiger partial charge is 0.378 e. The predicted octanol–water partition coefficient (Wildman–Crippen LogP) is 2.14. The van der Waals surface area contributed by atoms with Crippen LogP contribution in [-0.4, -0.2) is 18.7 Å². The second-order valence-electron chi connectivity index (χ2n) is 4.51. The first-order valence-electron chi connectivity index (χ1n) is 5.73. The van der Waals surface area contributed by atoms with Crippen LogP contribution < -0.4 is 10.6 Å². The van der Waals surface area contributed by atoms with Gasteiger partial charge in [0, 0.05) is 38.7 Å². The molecule has 2 N–H and O–H groups in total. The highest BCUT2D eigenvalue weighted by atomic mass is 15.1. The second-order valence-corrected chi connectivity index (χ2v) is 4.51. The van der Waals surface area contributed by atoms with Gasteiger partial charge in [-0.25, -0.2) is 0 Å². The maximum absolute atomic E-state index is 6.29. The van der Waals surface area contributed by atoms with E-state index in [4.69, 9.17) is 5.73 Å². The normalized spacial score (nSPS) is 12.5. The van der Waals surface area contributed by atoms with E-state index in [0.717, 1.165) is 11.3 Å². The Morgan fingerprint density at radius 3 is 2.53 bits per heavy atom. The summed E-state index contributed by atoms with van der Waals surface area (Å²) < 4.78 is 2.06. The fraction of sp³-hybridized carbons (Fsp3) is 0.286. The molecular weight excluding hydrogens is 210 g/mol. The summed E-state index contributed by atoms with van der Waals surface area (Å²) in [4.78, 5) is 2.08. The Morgan fingerprint density at radius 2 is 1.94 bits per heavy atom. The van der Waals surface area contributed by atoms with Crippen molar-refractivity contribution in [3.05, 3.63) is 53.9 Å². The van der Waals surface area contributed by atoms with Gasteiger partial charge in [0.25, 0.3) is 0 Å². The summed E-state index contributed by atoms with van der Waals surface area (Å²) in [6.45, 7) is 0. The monoisotopic (exact) mass is 229 g/mol. The number of aryl methyl sites for hydroxylation is 1. The lowest BCUT2D eigenvalue weighted by Gasteiger charge is -2.17. The maximum atomic E-state index is 6.29. The fourth-order valence-electron chi connectivity index (χ4n) is 1.96. The van der Waals surface area contributed by atoms with Gasteiger partial charge in [-0.1, -0.05) is 12.1 Å². The first kappa shape index (κ1) is 11.7. The van der Waals surface area contributed by atoms with Crippen LogP contribution in [-0.2, 0) is 7.05 Å². The Bertz CT molecular complexity index is 500. The molecule has 1 unspecified atom stereocenters. The molecule has 17 heavy (non-hydrogen) atoms. The van der Waals surface area contributed by atoms with Crippen molar-refractivity contribution < 1.29 is 0 Å². The molecule has 0 aliphatic carbocycles. The standard InChI is InChI=1S/C14H19N3/c1-16(2)12-7-4-6-11(10-12)14(15)13-8-5-9-17(13)3/h4-10,14H,15H2,1-3H3. The minimum Gasteiger partial charge on any atom is -0.378 e. The minimum absolute atomic E-state index is 0.0742. The van der Waals surface area contributed by atoms with E-state index >= 15 is 0 Å². The Hall–Kier alpha value is -1.74. The number of nitrogens with zero attached hydrogens (tertiary/aromatic N) is 2. The molecule has 0 bridgehead atoms. The van der Waals surface area contributed by atoms with Crippen molar-refractivity contribution in [2.45, 2.75) is 6.04 Å². The van der Waals surface area contributed by atoms with E-state index in [1.54, 1.807) is 0 Å². The van der Waals surface area contributed by atoms with E-state index in [9.17, 15) is 0 Å². The van der Waals surface area contributed by atoms with Gasteiger partial charge < -0.3 is 15.2 Å². The lowest BCUT2D eigenvalue weighted by Crippen LogP contribution is -2.16. The molecule has 0 amide bonds. The molecule has 3 nitrogen and oxygen atoms in total. The smallest absolute Gasteiger partial charge is 0.0706 e. The van der Waals surface area contributed by atoms with Gasteiger partial charge in [0.1, 0.15) is 0 Å². The van der Waals surface area contributed by atoms with Crippen molar-refractivity contribution in [2.24, 2.45) is 12.8 Å². The first-order chi connectivity index (χ1) is 8.09. The van der Waals surface area contributed by atoms with E-state index < -0.39 is 0 Å². The number of nitrogens with two attached hydrogens (primary N) is 1. The summed E-state index contributed by atoms with van der Waals surface area (Å²) in [5.41, 5.74) is 9.73. The molecular formula is C14H19N3. The number of aromatic nitrogens is 1. The first-order valence-corrected chi connectivity index (χ1v) is 5.73. The molecule has 0 saturated carbocycles. The lowest BCUT2D eigenvalue weighted by molar-refractivity contribution is 0.746. The van der Waals surface area contributed by atoms with Crippen molar-refractivity contribution in [3.63, 3.8) is 0 Å². The summed E-state index contributed by atoms with van der Waals surface area (Å²) in [5.74, 6) is 0. The van der Waals surface area contributed by atoms with Gasteiger partial charge in [-0.05, 0) is 29.8 Å². The molecule has 0 radical (unpaired) electrons. The number of hydrogen-bond donors (Lipinski definition) is 1. The van der Waals surface area contributed by atoms with Gasteiger partial charge >= 0.3 is 0 Å². The van der Waals surface area contributed by atoms with Crippen LogP contribution in [0.1, 0.15) is 17.3 Å². The molecule has 0 spiro atoms. The van der Waals surface area contributed by atoms with Gasteiger partial charge in [0.05, 0.1) is 6.04 Å². The Balaban J connectivity index is 2.34. The van der Waals surface area contributed by atoms with Crippen LogP contribution in [0.15, 0.2) is 42.6 Å². The molecule has 1 aromatic carbocycles. The van der Waals surface area contributed by atoms with Gasteiger partial charge in [-0.2, -0.15) is 0 Å². The molecule has 2 aromatic rings. The van der Waals surface area contributed by atoms with E-state index in [1.807, 2.05) is 39.5 Å². The minimum atomic E-state index is -0.0742. The van der Waals surface area contributed by atoms with Crippen molar-refractivity contribution in [3.8, 4) is 0 Å². The van der Waals surface area contributed by atoms with Gasteiger partial charge in [0.15, 0.2) is 0 Å². The topological polar surface area (TPSA) is 34.2 Å². The maximum Gasteiger partial charge on any atom is 0.0706 e. The van der Waals surface area contributed by atoms with E-state index in [1.165, 1.54) is 5.69 Å². The predicted molar refractivity (Wildman–Crippen MR) is 72.2 cm³/mol. The Labute approximate surface area is 102 Å². The van der Waals surface area contributed by atoms with Crippen LogP contribution in [0, 0.1) is 0 Å². The summed E-state index contributed by atoms with van der Waals surface area (Å²) in [6, 6.07) is 12.4. The van der Waals surface area contributed by atoms with Crippen LogP contribution in [0.5, 0.6) is 0 Å². The lowest BCUT2D eigenvalue weighted by atomic mass is 10.0. The third kappa shape index (κ3) is 2.34. The molecule has 1 atom stereocenters. The molecule has 90 valence electrons. The number of hydrogen-bond acceptors (Lipinski definition) is 2. The van der Waals surface area contributed by atoms with Gasteiger partial charge in [-0.3, -0.25) is 0 Å². The summed E-state index contributed by atoms with van der Waals surface area (Å²) >= 11 is 0. The van der Waals surface area contributed by atoms with Crippen LogP contribution in [0.3, 0.4) is 0 Å². The molecule has 2 rings (SSSR count). The summed E-state index contributed by atoms with van der Waals surface area (Å²) in [5, 5.41) is 0. The third-order valence-electron chi connectivity index (χ3n) is 3.05. The van der Waals surface area contributed by atoms with Gasteiger partial charge in [0.2, 0.25) is 0 Å². The second kappa shape index (κ2) is 4.63. The highest BCUT2D eigenvalue weighted by Crippen LogP contribution is 2.23. The van der Waals surface area contributed by atoms with Crippen LogP contribution in [0.2, 0.25) is 0 Å². The van der Waals surface area contributed by atoms with E-state index in [-0.39, 0.29) is 6.04 Å². The van der Waals surface area contributed by atoms with Crippen molar-refractivity contribution in [2.75, 3.05) is 19.0 Å². The van der Waals surface area contributed by atoms with Crippen molar-refractivity contribution in [1.82, 2.24) is 4.57 Å². The fourth-order valence-corrected chi connectivity index (χ4v) is 1.96. The molecule has 0 saturated heterocycles. The zero-order valence-corrected chi connectivity index (χ0v) is 10.6. The quantitative estimate of drug-likeness (QED) is 0.875. The highest BCUT2D eigenvalue weighted by Gasteiger charge is 2.12. The molecule has 0 fully saturated rings. The molecule has 0 aliphatic rings. The van der Waals surface area contributed by atoms with Crippen molar-refractivity contribution in [1.29, 1.82) is 0 Å². The molecule has 1 aromatic heterocycles. The zero-order chi connectivity index (χ0) is 12.4. The average Bonchev–Trinajstić information content (AvgIpc) is 2.74. The third-order valence-corrected chi connectivity index (χ3v) is 3.05. The van der Waals surface area contributed by atoms with E-state index in [2.05, 4.69) is 33.7 Å². The van der Waals surface area contributed by atoms with Crippen LogP contribution in [0.25, 0.3) is 0 Å². The van der Waals surface area contributed by atoms with Gasteiger partial charge in [-0.15, -0.1) is 0 Å². The zero-order valence-electron chi connectivity index (χ0n) is 10.6. The summed E-state index contributed by atoms with van der Waals surface area (Å²) in [6.07, 6.45) is 2.02. The van der Waals surface area contributed by atoms with Crippen LogP contribution in [0.4, 0.5) is 5.69 Å². The molecule has 3 heteroatoms. The summed E-state index contributed by atoms with van der Waals surface area (Å²) in [7, 11) is 6.09. The highest BCUT2D eigenvalue weighted by molar-refractivity contribution is 5.48. The number of benzene rings is 1. The van der Waals surface area contributed by atoms with E-state index in [0.29, 0.717) is 0 Å². The molecule has 1 heterocycles. The number of rotatable bonds is 3. The average molecular weight is 229 g/mol. The van der Waals surface area contributed by atoms with Crippen molar-refractivity contribution >= 4 is 5.69 Å². The molecule has 0 aliphatic heterocycles.